The van der Waals surface area contributed by atoms with Crippen LogP contribution in [-0.4, -0.2) is 18.1 Å². The van der Waals surface area contributed by atoms with Gasteiger partial charge >= 0.3 is 5.97 Å². The summed E-state index contributed by atoms with van der Waals surface area (Å²) >= 11 is 6.02. The number of nitrogens with two attached hydrogens (primary N) is 1. The van der Waals surface area contributed by atoms with Gasteiger partial charge in [0.25, 0.3) is 0 Å². The van der Waals surface area contributed by atoms with Gasteiger partial charge in [-0.3, -0.25) is 0 Å². The van der Waals surface area contributed by atoms with E-state index in [9.17, 15) is 4.79 Å². The number of nitrogen functional groups attached to an aromatic ring is 1. The highest BCUT2D eigenvalue weighted by atomic mass is 35.5. The number of benzene rings is 2. The number of carbonyl (C=O) groups is 1. The third-order valence-electron chi connectivity index (χ3n) is 3.58. The van der Waals surface area contributed by atoms with Crippen molar-refractivity contribution in [3.8, 4) is 0 Å². The Morgan fingerprint density at radius 1 is 1.29 bits per heavy atom. The van der Waals surface area contributed by atoms with Crippen molar-refractivity contribution < 1.29 is 9.90 Å². The summed E-state index contributed by atoms with van der Waals surface area (Å²) in [5, 5.41) is 9.69. The van der Waals surface area contributed by atoms with E-state index in [-0.39, 0.29) is 17.3 Å². The summed E-state index contributed by atoms with van der Waals surface area (Å²) in [5.74, 6) is -1.02. The zero-order valence-electron chi connectivity index (χ0n) is 11.9. The molecule has 2 aromatic rings. The van der Waals surface area contributed by atoms with Gasteiger partial charge in [0.05, 0.1) is 11.6 Å². The molecule has 4 nitrogen and oxygen atoms in total. The number of carboxylic acids is 1. The Morgan fingerprint density at radius 2 is 2.00 bits per heavy atom. The molecule has 21 heavy (non-hydrogen) atoms. The molecule has 0 aliphatic heterocycles. The van der Waals surface area contributed by atoms with Crippen molar-refractivity contribution in [2.45, 2.75) is 13.0 Å². The zero-order chi connectivity index (χ0) is 15.6. The van der Waals surface area contributed by atoms with Crippen molar-refractivity contribution in [3.63, 3.8) is 0 Å². The van der Waals surface area contributed by atoms with E-state index in [0.29, 0.717) is 5.02 Å². The Labute approximate surface area is 128 Å². The molecule has 0 amide bonds. The first-order valence-electron chi connectivity index (χ1n) is 6.51. The molecule has 0 aromatic heterocycles. The number of hydrogen-bond acceptors (Lipinski definition) is 3. The number of hydrogen-bond donors (Lipinski definition) is 2. The average Bonchev–Trinajstić information content (AvgIpc) is 2.45. The average molecular weight is 305 g/mol. The maximum absolute atomic E-state index is 11.0. The molecule has 2 rings (SSSR count). The van der Waals surface area contributed by atoms with Gasteiger partial charge in [-0.25, -0.2) is 4.79 Å². The van der Waals surface area contributed by atoms with Gasteiger partial charge in [-0.2, -0.15) is 0 Å². The van der Waals surface area contributed by atoms with Gasteiger partial charge in [-0.15, -0.1) is 0 Å². The largest absolute Gasteiger partial charge is 0.478 e. The van der Waals surface area contributed by atoms with E-state index in [1.807, 2.05) is 43.1 Å². The van der Waals surface area contributed by atoms with E-state index in [1.54, 1.807) is 12.1 Å². The molecule has 1 unspecified atom stereocenters. The molecule has 0 spiro atoms. The topological polar surface area (TPSA) is 66.6 Å². The molecule has 3 N–H and O–H groups in total. The Kier molecular flexibility index (Phi) is 4.38. The van der Waals surface area contributed by atoms with Gasteiger partial charge in [0.2, 0.25) is 0 Å². The van der Waals surface area contributed by atoms with Crippen LogP contribution in [0.4, 0.5) is 11.4 Å². The van der Waals surface area contributed by atoms with Gasteiger partial charge < -0.3 is 15.7 Å². The maximum atomic E-state index is 11.0. The molecule has 0 fully saturated rings. The van der Waals surface area contributed by atoms with Crippen LogP contribution in [0, 0.1) is 0 Å². The van der Waals surface area contributed by atoms with E-state index in [1.165, 1.54) is 6.07 Å². The lowest BCUT2D eigenvalue weighted by Crippen LogP contribution is -2.22. The molecule has 1 atom stereocenters. The highest BCUT2D eigenvalue weighted by Crippen LogP contribution is 2.29. The number of rotatable bonds is 4. The number of aromatic carboxylic acids is 1. The number of halogens is 1. The summed E-state index contributed by atoms with van der Waals surface area (Å²) in [5.41, 5.74) is 8.09. The molecule has 0 heterocycles. The standard InChI is InChI=1S/C16H17ClN2O2/c1-10(11-4-3-5-12(17)8-11)19(2)13-6-7-14(16(20)21)15(18)9-13/h3-10H,18H2,1-2H3,(H,20,21). The highest BCUT2D eigenvalue weighted by Gasteiger charge is 2.15. The smallest absolute Gasteiger partial charge is 0.337 e. The molecule has 0 radical (unpaired) electrons. The maximum Gasteiger partial charge on any atom is 0.337 e. The first-order chi connectivity index (χ1) is 9.90. The quantitative estimate of drug-likeness (QED) is 0.843. The lowest BCUT2D eigenvalue weighted by Gasteiger charge is -2.28. The van der Waals surface area contributed by atoms with Crippen LogP contribution in [0.25, 0.3) is 0 Å². The monoisotopic (exact) mass is 304 g/mol. The molecule has 110 valence electrons. The second-order valence-electron chi connectivity index (χ2n) is 4.92. The van der Waals surface area contributed by atoms with Crippen molar-refractivity contribution >= 4 is 28.9 Å². The summed E-state index contributed by atoms with van der Waals surface area (Å²) in [4.78, 5) is 13.0. The predicted molar refractivity (Wildman–Crippen MR) is 86.1 cm³/mol. The minimum absolute atomic E-state index is 0.0822. The summed E-state index contributed by atoms with van der Waals surface area (Å²) in [7, 11) is 1.93. The normalized spacial score (nSPS) is 12.0. The van der Waals surface area contributed by atoms with Crippen molar-refractivity contribution in [1.29, 1.82) is 0 Å². The van der Waals surface area contributed by atoms with Crippen LogP contribution in [0.3, 0.4) is 0 Å². The first-order valence-corrected chi connectivity index (χ1v) is 6.89. The van der Waals surface area contributed by atoms with Crippen molar-refractivity contribution in [2.75, 3.05) is 17.7 Å². The van der Waals surface area contributed by atoms with Crippen LogP contribution in [0.1, 0.15) is 28.9 Å². The van der Waals surface area contributed by atoms with E-state index >= 15 is 0 Å². The number of carboxylic acid groups (broad SMARTS) is 1. The van der Waals surface area contributed by atoms with Gasteiger partial charge in [0, 0.05) is 23.4 Å². The second-order valence-corrected chi connectivity index (χ2v) is 5.36. The van der Waals surface area contributed by atoms with E-state index < -0.39 is 5.97 Å². The predicted octanol–water partition coefficient (Wildman–Crippen LogP) is 3.82. The van der Waals surface area contributed by atoms with Crippen molar-refractivity contribution in [1.82, 2.24) is 0 Å². The third kappa shape index (κ3) is 3.28. The van der Waals surface area contributed by atoms with Crippen LogP contribution in [0.15, 0.2) is 42.5 Å². The third-order valence-corrected chi connectivity index (χ3v) is 3.82. The van der Waals surface area contributed by atoms with Crippen LogP contribution in [0.2, 0.25) is 5.02 Å². The van der Waals surface area contributed by atoms with Crippen LogP contribution in [-0.2, 0) is 0 Å². The molecule has 5 heteroatoms. The first kappa shape index (κ1) is 15.2. The Bertz CT molecular complexity index is 673. The van der Waals surface area contributed by atoms with Crippen LogP contribution >= 0.6 is 11.6 Å². The van der Waals surface area contributed by atoms with Gasteiger partial charge in [0.15, 0.2) is 0 Å². The molecular weight excluding hydrogens is 288 g/mol. The van der Waals surface area contributed by atoms with Crippen molar-refractivity contribution in [3.05, 3.63) is 58.6 Å². The van der Waals surface area contributed by atoms with E-state index in [0.717, 1.165) is 11.3 Å². The molecular formula is C16H17ClN2O2. The summed E-state index contributed by atoms with van der Waals surface area (Å²) in [6, 6.07) is 12.7. The van der Waals surface area contributed by atoms with Gasteiger partial charge in [0.1, 0.15) is 0 Å². The molecule has 0 saturated carbocycles. The lowest BCUT2D eigenvalue weighted by molar-refractivity contribution is 0.0698. The fourth-order valence-corrected chi connectivity index (χ4v) is 2.38. The van der Waals surface area contributed by atoms with Crippen molar-refractivity contribution in [2.24, 2.45) is 0 Å². The van der Waals surface area contributed by atoms with Crippen LogP contribution < -0.4 is 10.6 Å². The molecule has 0 bridgehead atoms. The summed E-state index contributed by atoms with van der Waals surface area (Å²) in [6.07, 6.45) is 0. The van der Waals surface area contributed by atoms with Gasteiger partial charge in [-0.1, -0.05) is 23.7 Å². The Morgan fingerprint density at radius 3 is 2.57 bits per heavy atom. The second kappa shape index (κ2) is 6.06. The molecule has 0 aliphatic rings. The molecule has 2 aromatic carbocycles. The lowest BCUT2D eigenvalue weighted by atomic mass is 10.1. The Hall–Kier alpha value is -2.20. The highest BCUT2D eigenvalue weighted by molar-refractivity contribution is 6.30. The Balaban J connectivity index is 2.29. The van der Waals surface area contributed by atoms with E-state index in [2.05, 4.69) is 0 Å². The summed E-state index contributed by atoms with van der Waals surface area (Å²) in [6.45, 7) is 2.05. The van der Waals surface area contributed by atoms with E-state index in [4.69, 9.17) is 22.4 Å². The minimum Gasteiger partial charge on any atom is -0.478 e. The fraction of sp³-hybridized carbons (Fsp3) is 0.188. The number of nitrogens with zero attached hydrogens (tertiary/aromatic N) is 1. The van der Waals surface area contributed by atoms with Crippen LogP contribution in [0.5, 0.6) is 0 Å². The number of anilines is 2. The summed E-state index contributed by atoms with van der Waals surface area (Å²) < 4.78 is 0. The fourth-order valence-electron chi connectivity index (χ4n) is 2.18. The van der Waals surface area contributed by atoms with Gasteiger partial charge in [-0.05, 0) is 42.8 Å². The minimum atomic E-state index is -1.02. The SMILES string of the molecule is CC(c1cccc(Cl)c1)N(C)c1ccc(C(=O)O)c(N)c1. The zero-order valence-corrected chi connectivity index (χ0v) is 12.6. The molecule has 0 saturated heterocycles. The molecule has 0 aliphatic carbocycles.